The van der Waals surface area contributed by atoms with Gasteiger partial charge in [-0.05, 0) is 19.1 Å². The Bertz CT molecular complexity index is 551. The van der Waals surface area contributed by atoms with E-state index in [0.717, 1.165) is 6.07 Å². The standard InChI is InChI=1S/C15H19F3N2O3/c1-10-14(22)19-6-7-20(10)8-11(21)9-23-13-5-3-2-4-12(13)15(16,17)18/h2-5,10-11,21H,6-9H2,1H3,(H,19,22)/t10-,11+/m0/s1. The minimum absolute atomic E-state index is 0.133. The molecule has 1 saturated heterocycles. The van der Waals surface area contributed by atoms with Crippen molar-refractivity contribution in [1.82, 2.24) is 10.2 Å². The number of amides is 1. The van der Waals surface area contributed by atoms with Crippen LogP contribution in [0.4, 0.5) is 13.2 Å². The monoisotopic (exact) mass is 332 g/mol. The van der Waals surface area contributed by atoms with Crippen LogP contribution in [0, 0.1) is 0 Å². The minimum Gasteiger partial charge on any atom is -0.490 e. The van der Waals surface area contributed by atoms with E-state index in [1.54, 1.807) is 11.8 Å². The molecule has 128 valence electrons. The fourth-order valence-corrected chi connectivity index (χ4v) is 2.42. The van der Waals surface area contributed by atoms with E-state index in [1.165, 1.54) is 18.2 Å². The van der Waals surface area contributed by atoms with E-state index in [2.05, 4.69) is 5.32 Å². The second-order valence-electron chi connectivity index (χ2n) is 5.42. The van der Waals surface area contributed by atoms with Crippen molar-refractivity contribution in [2.75, 3.05) is 26.2 Å². The average Bonchev–Trinajstić information content (AvgIpc) is 2.49. The molecule has 0 bridgehead atoms. The number of para-hydroxylation sites is 1. The highest BCUT2D eigenvalue weighted by atomic mass is 19.4. The molecule has 0 spiro atoms. The van der Waals surface area contributed by atoms with Gasteiger partial charge in [0.2, 0.25) is 5.91 Å². The van der Waals surface area contributed by atoms with Crippen LogP contribution in [0.2, 0.25) is 0 Å². The van der Waals surface area contributed by atoms with Crippen molar-refractivity contribution >= 4 is 5.91 Å². The molecule has 1 aliphatic heterocycles. The molecule has 2 N–H and O–H groups in total. The Hall–Kier alpha value is -1.80. The lowest BCUT2D eigenvalue weighted by Gasteiger charge is -2.34. The molecular formula is C15H19F3N2O3. The Labute approximate surface area is 132 Å². The van der Waals surface area contributed by atoms with Gasteiger partial charge < -0.3 is 15.2 Å². The van der Waals surface area contributed by atoms with Gasteiger partial charge in [-0.15, -0.1) is 0 Å². The van der Waals surface area contributed by atoms with Gasteiger partial charge in [-0.25, -0.2) is 0 Å². The topological polar surface area (TPSA) is 61.8 Å². The van der Waals surface area contributed by atoms with Crippen LogP contribution in [-0.4, -0.2) is 54.3 Å². The molecule has 23 heavy (non-hydrogen) atoms. The summed E-state index contributed by atoms with van der Waals surface area (Å²) in [6.45, 7) is 2.64. The molecule has 2 rings (SSSR count). The van der Waals surface area contributed by atoms with Gasteiger partial charge in [-0.3, -0.25) is 9.69 Å². The van der Waals surface area contributed by atoms with E-state index in [-0.39, 0.29) is 30.9 Å². The Morgan fingerprint density at radius 2 is 2.13 bits per heavy atom. The van der Waals surface area contributed by atoms with Gasteiger partial charge in [0.05, 0.1) is 11.6 Å². The third kappa shape index (κ3) is 4.59. The van der Waals surface area contributed by atoms with Crippen molar-refractivity contribution < 1.29 is 27.8 Å². The third-order valence-electron chi connectivity index (χ3n) is 3.69. The van der Waals surface area contributed by atoms with Gasteiger partial charge in [0, 0.05) is 19.6 Å². The number of halogens is 3. The smallest absolute Gasteiger partial charge is 0.419 e. The number of piperazine rings is 1. The zero-order chi connectivity index (χ0) is 17.0. The number of benzene rings is 1. The number of aliphatic hydroxyl groups is 1. The maximum atomic E-state index is 12.8. The molecule has 0 aromatic heterocycles. The third-order valence-corrected chi connectivity index (χ3v) is 3.69. The minimum atomic E-state index is -4.51. The molecule has 1 heterocycles. The summed E-state index contributed by atoms with van der Waals surface area (Å²) in [5.74, 6) is -0.449. The van der Waals surface area contributed by atoms with Crippen molar-refractivity contribution in [3.63, 3.8) is 0 Å². The number of nitrogens with one attached hydrogen (secondary N) is 1. The molecule has 1 fully saturated rings. The van der Waals surface area contributed by atoms with Gasteiger partial charge in [-0.1, -0.05) is 12.1 Å². The summed E-state index contributed by atoms with van der Waals surface area (Å²) in [4.78, 5) is 13.3. The van der Waals surface area contributed by atoms with Crippen molar-refractivity contribution in [2.24, 2.45) is 0 Å². The molecule has 8 heteroatoms. The lowest BCUT2D eigenvalue weighted by Crippen LogP contribution is -2.55. The number of ether oxygens (including phenoxy) is 1. The fourth-order valence-electron chi connectivity index (χ4n) is 2.42. The molecule has 5 nitrogen and oxygen atoms in total. The maximum absolute atomic E-state index is 12.8. The zero-order valence-corrected chi connectivity index (χ0v) is 12.6. The number of rotatable bonds is 5. The van der Waals surface area contributed by atoms with E-state index >= 15 is 0 Å². The predicted molar refractivity (Wildman–Crippen MR) is 77.0 cm³/mol. The molecule has 0 aliphatic carbocycles. The average molecular weight is 332 g/mol. The Morgan fingerprint density at radius 1 is 1.43 bits per heavy atom. The van der Waals surface area contributed by atoms with Crippen LogP contribution in [0.3, 0.4) is 0 Å². The largest absolute Gasteiger partial charge is 0.490 e. The van der Waals surface area contributed by atoms with E-state index in [4.69, 9.17) is 4.74 Å². The molecule has 1 aromatic carbocycles. The SMILES string of the molecule is C[C@H]1C(=O)NCCN1C[C@@H](O)COc1ccccc1C(F)(F)F. The van der Waals surface area contributed by atoms with E-state index in [0.29, 0.717) is 13.1 Å². The first-order valence-corrected chi connectivity index (χ1v) is 7.28. The molecular weight excluding hydrogens is 313 g/mol. The summed E-state index contributed by atoms with van der Waals surface area (Å²) >= 11 is 0. The summed E-state index contributed by atoms with van der Waals surface area (Å²) in [7, 11) is 0. The van der Waals surface area contributed by atoms with Crippen molar-refractivity contribution in [2.45, 2.75) is 25.2 Å². The highest BCUT2D eigenvalue weighted by molar-refractivity contribution is 5.81. The fraction of sp³-hybridized carbons (Fsp3) is 0.533. The second-order valence-corrected chi connectivity index (χ2v) is 5.42. The van der Waals surface area contributed by atoms with Crippen LogP contribution in [0.15, 0.2) is 24.3 Å². The number of carbonyl (C=O) groups excluding carboxylic acids is 1. The number of carbonyl (C=O) groups is 1. The molecule has 1 amide bonds. The second kappa shape index (κ2) is 7.18. The molecule has 0 unspecified atom stereocenters. The number of aliphatic hydroxyl groups excluding tert-OH is 1. The number of hydrogen-bond donors (Lipinski definition) is 2. The van der Waals surface area contributed by atoms with Crippen molar-refractivity contribution in [1.29, 1.82) is 0 Å². The number of alkyl halides is 3. The maximum Gasteiger partial charge on any atom is 0.419 e. The predicted octanol–water partition coefficient (Wildman–Crippen LogP) is 1.27. The highest BCUT2D eigenvalue weighted by Gasteiger charge is 2.34. The summed E-state index contributed by atoms with van der Waals surface area (Å²) in [5.41, 5.74) is -0.877. The first-order chi connectivity index (χ1) is 10.8. The van der Waals surface area contributed by atoms with Gasteiger partial charge in [0.15, 0.2) is 0 Å². The van der Waals surface area contributed by atoms with Gasteiger partial charge in [0.25, 0.3) is 0 Å². The highest BCUT2D eigenvalue weighted by Crippen LogP contribution is 2.35. The lowest BCUT2D eigenvalue weighted by atomic mass is 10.2. The summed E-state index contributed by atoms with van der Waals surface area (Å²) in [6, 6.07) is 4.47. The quantitative estimate of drug-likeness (QED) is 0.852. The first kappa shape index (κ1) is 17.6. The lowest BCUT2D eigenvalue weighted by molar-refractivity contribution is -0.139. The van der Waals surface area contributed by atoms with Crippen molar-refractivity contribution in [3.05, 3.63) is 29.8 Å². The first-order valence-electron chi connectivity index (χ1n) is 7.28. The van der Waals surface area contributed by atoms with Crippen LogP contribution < -0.4 is 10.1 Å². The molecule has 2 atom stereocenters. The molecule has 0 saturated carbocycles. The van der Waals surface area contributed by atoms with Gasteiger partial charge in [-0.2, -0.15) is 13.2 Å². The summed E-state index contributed by atoms with van der Waals surface area (Å²) < 4.78 is 43.7. The number of nitrogens with zero attached hydrogens (tertiary/aromatic N) is 1. The number of hydrogen-bond acceptors (Lipinski definition) is 4. The van der Waals surface area contributed by atoms with Gasteiger partial charge >= 0.3 is 6.18 Å². The molecule has 1 aliphatic rings. The molecule has 0 radical (unpaired) electrons. The van der Waals surface area contributed by atoms with Crippen LogP contribution >= 0.6 is 0 Å². The van der Waals surface area contributed by atoms with E-state index in [9.17, 15) is 23.1 Å². The normalized spacial score (nSPS) is 20.9. The zero-order valence-electron chi connectivity index (χ0n) is 12.6. The van der Waals surface area contributed by atoms with Crippen LogP contribution in [0.25, 0.3) is 0 Å². The van der Waals surface area contributed by atoms with Crippen LogP contribution in [0.5, 0.6) is 5.75 Å². The van der Waals surface area contributed by atoms with E-state index < -0.39 is 17.8 Å². The van der Waals surface area contributed by atoms with Crippen LogP contribution in [0.1, 0.15) is 12.5 Å². The Balaban J connectivity index is 1.92. The van der Waals surface area contributed by atoms with Gasteiger partial charge in [0.1, 0.15) is 18.5 Å². The number of β-amino-alcohol motifs (C(OH)–C–C–N with tert-alkyl or cyclic N) is 1. The summed E-state index contributed by atoms with van der Waals surface area (Å²) in [6.07, 6.45) is -5.51. The Morgan fingerprint density at radius 3 is 2.83 bits per heavy atom. The van der Waals surface area contributed by atoms with E-state index in [1.807, 2.05) is 0 Å². The van der Waals surface area contributed by atoms with Crippen LogP contribution in [-0.2, 0) is 11.0 Å². The van der Waals surface area contributed by atoms with Crippen molar-refractivity contribution in [3.8, 4) is 5.75 Å². The summed E-state index contributed by atoms with van der Waals surface area (Å²) in [5, 5.41) is 12.7. The molecule has 1 aromatic rings. The Kier molecular flexibility index (Phi) is 5.48.